The van der Waals surface area contributed by atoms with Gasteiger partial charge in [-0.05, 0) is 45.0 Å². The molecule has 0 bridgehead atoms. The molecule has 2 heterocycles. The molecule has 2 aliphatic rings. The highest BCUT2D eigenvalue weighted by molar-refractivity contribution is 5.98. The van der Waals surface area contributed by atoms with Gasteiger partial charge in [0.05, 0.1) is 6.54 Å². The Balaban J connectivity index is 1.56. The zero-order valence-electron chi connectivity index (χ0n) is 13.8. The topological polar surface area (TPSA) is 43.9 Å². The van der Waals surface area contributed by atoms with Crippen molar-refractivity contribution in [3.8, 4) is 0 Å². The molecule has 5 heteroatoms. The molecule has 1 aromatic rings. The molecule has 2 aliphatic heterocycles. The molecular formula is C18H25N3O2. The molecular weight excluding hydrogens is 290 g/mol. The molecule has 0 aromatic heterocycles. The highest BCUT2D eigenvalue weighted by atomic mass is 16.2. The van der Waals surface area contributed by atoms with Crippen molar-refractivity contribution >= 4 is 17.5 Å². The average molecular weight is 315 g/mol. The molecule has 5 nitrogen and oxygen atoms in total. The SMILES string of the molecule is Cc1ccc(N2CCN(C(=O)CN3CCCCC3)CC2=O)cc1. The van der Waals surface area contributed by atoms with Gasteiger partial charge in [0, 0.05) is 18.8 Å². The van der Waals surface area contributed by atoms with Crippen LogP contribution in [0.4, 0.5) is 5.69 Å². The molecule has 0 saturated carbocycles. The maximum absolute atomic E-state index is 12.4. The number of hydrogen-bond donors (Lipinski definition) is 0. The van der Waals surface area contributed by atoms with Gasteiger partial charge in [0.15, 0.2) is 0 Å². The van der Waals surface area contributed by atoms with Gasteiger partial charge in [-0.2, -0.15) is 0 Å². The van der Waals surface area contributed by atoms with Crippen LogP contribution in [-0.2, 0) is 9.59 Å². The number of aryl methyl sites for hydroxylation is 1. The fourth-order valence-corrected chi connectivity index (χ4v) is 3.29. The Morgan fingerprint density at radius 3 is 2.35 bits per heavy atom. The number of amides is 2. The van der Waals surface area contributed by atoms with E-state index in [4.69, 9.17) is 0 Å². The van der Waals surface area contributed by atoms with Gasteiger partial charge in [0.25, 0.3) is 0 Å². The number of piperazine rings is 1. The van der Waals surface area contributed by atoms with Gasteiger partial charge in [0.2, 0.25) is 11.8 Å². The van der Waals surface area contributed by atoms with Crippen LogP contribution in [0.15, 0.2) is 24.3 Å². The Bertz CT molecular complexity index is 564. The van der Waals surface area contributed by atoms with E-state index >= 15 is 0 Å². The van der Waals surface area contributed by atoms with Crippen LogP contribution in [0.2, 0.25) is 0 Å². The van der Waals surface area contributed by atoms with Crippen LogP contribution in [0.5, 0.6) is 0 Å². The van der Waals surface area contributed by atoms with E-state index in [9.17, 15) is 9.59 Å². The molecule has 23 heavy (non-hydrogen) atoms. The standard InChI is InChI=1S/C18H25N3O2/c1-15-5-7-16(8-6-15)21-12-11-20(14-18(21)23)17(22)13-19-9-3-2-4-10-19/h5-8H,2-4,9-14H2,1H3. The molecule has 2 fully saturated rings. The summed E-state index contributed by atoms with van der Waals surface area (Å²) in [5.41, 5.74) is 2.10. The maximum atomic E-state index is 12.4. The van der Waals surface area contributed by atoms with Gasteiger partial charge < -0.3 is 9.80 Å². The molecule has 124 valence electrons. The third kappa shape index (κ3) is 3.91. The maximum Gasteiger partial charge on any atom is 0.246 e. The predicted molar refractivity (Wildman–Crippen MR) is 90.4 cm³/mol. The van der Waals surface area contributed by atoms with E-state index in [-0.39, 0.29) is 18.4 Å². The summed E-state index contributed by atoms with van der Waals surface area (Å²) >= 11 is 0. The van der Waals surface area contributed by atoms with Crippen molar-refractivity contribution in [2.24, 2.45) is 0 Å². The second-order valence-electron chi connectivity index (χ2n) is 6.53. The number of carbonyl (C=O) groups excluding carboxylic acids is 2. The average Bonchev–Trinajstić information content (AvgIpc) is 2.57. The van der Waals surface area contributed by atoms with Gasteiger partial charge in [-0.1, -0.05) is 24.1 Å². The third-order valence-electron chi connectivity index (χ3n) is 4.73. The molecule has 0 atom stereocenters. The van der Waals surface area contributed by atoms with Crippen molar-refractivity contribution in [1.29, 1.82) is 0 Å². The minimum atomic E-state index is 0.00657. The number of nitrogens with zero attached hydrogens (tertiary/aromatic N) is 3. The lowest BCUT2D eigenvalue weighted by Gasteiger charge is -2.36. The Morgan fingerprint density at radius 1 is 1.00 bits per heavy atom. The van der Waals surface area contributed by atoms with Crippen molar-refractivity contribution in [2.75, 3.05) is 44.2 Å². The van der Waals surface area contributed by atoms with Crippen LogP contribution < -0.4 is 4.90 Å². The summed E-state index contributed by atoms with van der Waals surface area (Å²) in [4.78, 5) is 30.5. The number of piperidine rings is 1. The Labute approximate surface area is 137 Å². The third-order valence-corrected chi connectivity index (χ3v) is 4.73. The Hall–Kier alpha value is -1.88. The van der Waals surface area contributed by atoms with E-state index in [1.807, 2.05) is 31.2 Å². The Morgan fingerprint density at radius 2 is 1.70 bits per heavy atom. The lowest BCUT2D eigenvalue weighted by molar-refractivity contribution is -0.138. The number of hydrogen-bond acceptors (Lipinski definition) is 3. The van der Waals surface area contributed by atoms with Crippen LogP contribution in [-0.4, -0.2) is 60.9 Å². The largest absolute Gasteiger partial charge is 0.330 e. The fourth-order valence-electron chi connectivity index (χ4n) is 3.29. The smallest absolute Gasteiger partial charge is 0.246 e. The minimum Gasteiger partial charge on any atom is -0.330 e. The number of rotatable bonds is 3. The van der Waals surface area contributed by atoms with Gasteiger partial charge >= 0.3 is 0 Å². The van der Waals surface area contributed by atoms with Crippen LogP contribution in [0.25, 0.3) is 0 Å². The van der Waals surface area contributed by atoms with Crippen LogP contribution in [0.3, 0.4) is 0 Å². The van der Waals surface area contributed by atoms with Crippen molar-refractivity contribution in [3.63, 3.8) is 0 Å². The zero-order chi connectivity index (χ0) is 16.2. The number of benzene rings is 1. The normalized spacial score (nSPS) is 20.0. The first-order chi connectivity index (χ1) is 11.1. The summed E-state index contributed by atoms with van der Waals surface area (Å²) in [7, 11) is 0. The number of likely N-dealkylation sites (tertiary alicyclic amines) is 1. The van der Waals surface area contributed by atoms with Gasteiger partial charge in [0.1, 0.15) is 6.54 Å². The molecule has 0 spiro atoms. The van der Waals surface area contributed by atoms with E-state index < -0.39 is 0 Å². The van der Waals surface area contributed by atoms with E-state index in [2.05, 4.69) is 4.90 Å². The van der Waals surface area contributed by atoms with Gasteiger partial charge in [-0.15, -0.1) is 0 Å². The summed E-state index contributed by atoms with van der Waals surface area (Å²) in [5.74, 6) is 0.0934. The minimum absolute atomic E-state index is 0.00657. The molecule has 2 amide bonds. The van der Waals surface area contributed by atoms with Crippen molar-refractivity contribution in [1.82, 2.24) is 9.80 Å². The summed E-state index contributed by atoms with van der Waals surface area (Å²) in [6.07, 6.45) is 3.61. The summed E-state index contributed by atoms with van der Waals surface area (Å²) in [5, 5.41) is 0. The highest BCUT2D eigenvalue weighted by Gasteiger charge is 2.28. The van der Waals surface area contributed by atoms with Gasteiger partial charge in [-0.3, -0.25) is 14.5 Å². The van der Waals surface area contributed by atoms with Crippen LogP contribution in [0.1, 0.15) is 24.8 Å². The molecule has 0 unspecified atom stereocenters. The fraction of sp³-hybridized carbons (Fsp3) is 0.556. The molecule has 2 saturated heterocycles. The summed E-state index contributed by atoms with van der Waals surface area (Å²) < 4.78 is 0. The van der Waals surface area contributed by atoms with Crippen LogP contribution in [0, 0.1) is 6.92 Å². The van der Waals surface area contributed by atoms with E-state index in [0.717, 1.165) is 18.8 Å². The summed E-state index contributed by atoms with van der Waals surface area (Å²) in [6.45, 7) is 5.88. The molecule has 0 aliphatic carbocycles. The molecule has 1 aromatic carbocycles. The quantitative estimate of drug-likeness (QED) is 0.852. The number of anilines is 1. The lowest BCUT2D eigenvalue weighted by Crippen LogP contribution is -2.54. The second-order valence-corrected chi connectivity index (χ2v) is 6.53. The number of carbonyl (C=O) groups is 2. The van der Waals surface area contributed by atoms with Crippen LogP contribution >= 0.6 is 0 Å². The first kappa shape index (κ1) is 16.0. The van der Waals surface area contributed by atoms with Crippen molar-refractivity contribution in [3.05, 3.63) is 29.8 Å². The molecule has 0 N–H and O–H groups in total. The predicted octanol–water partition coefficient (Wildman–Crippen LogP) is 1.66. The van der Waals surface area contributed by atoms with E-state index in [0.29, 0.717) is 19.6 Å². The monoisotopic (exact) mass is 315 g/mol. The first-order valence-electron chi connectivity index (χ1n) is 8.50. The van der Waals surface area contributed by atoms with E-state index in [1.54, 1.807) is 9.80 Å². The van der Waals surface area contributed by atoms with Gasteiger partial charge in [-0.25, -0.2) is 0 Å². The van der Waals surface area contributed by atoms with Crippen molar-refractivity contribution < 1.29 is 9.59 Å². The molecule has 0 radical (unpaired) electrons. The lowest BCUT2D eigenvalue weighted by atomic mass is 10.1. The first-order valence-corrected chi connectivity index (χ1v) is 8.50. The second kappa shape index (κ2) is 7.13. The zero-order valence-corrected chi connectivity index (χ0v) is 13.8. The molecule has 3 rings (SSSR count). The highest BCUT2D eigenvalue weighted by Crippen LogP contribution is 2.18. The Kier molecular flexibility index (Phi) is 4.96. The van der Waals surface area contributed by atoms with E-state index in [1.165, 1.54) is 24.8 Å². The van der Waals surface area contributed by atoms with Crippen molar-refractivity contribution in [2.45, 2.75) is 26.2 Å². The summed E-state index contributed by atoms with van der Waals surface area (Å²) in [6, 6.07) is 7.96.